The Morgan fingerprint density at radius 2 is 2.10 bits per heavy atom. The zero-order valence-corrected chi connectivity index (χ0v) is 12.4. The van der Waals surface area contributed by atoms with E-state index in [0.29, 0.717) is 5.92 Å². The molecule has 0 fully saturated rings. The zero-order valence-electron chi connectivity index (χ0n) is 12.4. The molecule has 0 aliphatic heterocycles. The van der Waals surface area contributed by atoms with Gasteiger partial charge in [0.05, 0.1) is 12.3 Å². The normalized spacial score (nSPS) is 11.0. The lowest BCUT2D eigenvalue weighted by atomic mass is 10.1. The molecule has 1 aromatic carbocycles. The second kappa shape index (κ2) is 7.10. The van der Waals surface area contributed by atoms with Crippen molar-refractivity contribution in [1.82, 2.24) is 15.5 Å². The topological polar surface area (TPSA) is 49.9 Å². The molecule has 0 unspecified atom stereocenters. The number of aromatic nitrogens is 2. The average molecular weight is 273 g/mol. The van der Waals surface area contributed by atoms with E-state index in [2.05, 4.69) is 35.4 Å². The summed E-state index contributed by atoms with van der Waals surface area (Å²) in [5.74, 6) is 1.55. The van der Waals surface area contributed by atoms with E-state index in [1.807, 2.05) is 31.3 Å². The molecule has 0 aliphatic rings. The summed E-state index contributed by atoms with van der Waals surface area (Å²) in [4.78, 5) is 0. The summed E-state index contributed by atoms with van der Waals surface area (Å²) in [6.45, 7) is 5.92. The largest absolute Gasteiger partial charge is 0.493 e. The Morgan fingerprint density at radius 1 is 1.30 bits per heavy atom. The molecular formula is C16H23N3O. The number of H-pyrrole nitrogens is 1. The first kappa shape index (κ1) is 14.6. The lowest BCUT2D eigenvalue weighted by Gasteiger charge is -2.11. The molecule has 0 saturated carbocycles. The molecular weight excluding hydrogens is 250 g/mol. The van der Waals surface area contributed by atoms with Gasteiger partial charge in [0.2, 0.25) is 0 Å². The highest BCUT2D eigenvalue weighted by atomic mass is 16.5. The van der Waals surface area contributed by atoms with Gasteiger partial charge in [-0.2, -0.15) is 5.10 Å². The minimum atomic E-state index is 0.648. The minimum absolute atomic E-state index is 0.648. The lowest BCUT2D eigenvalue weighted by molar-refractivity contribution is 0.290. The van der Waals surface area contributed by atoms with E-state index in [-0.39, 0.29) is 0 Å². The van der Waals surface area contributed by atoms with Crippen molar-refractivity contribution in [2.24, 2.45) is 5.92 Å². The SMILES string of the molecule is CNCc1cc(-c2ccccc2OCCC(C)C)n[nH]1. The Balaban J connectivity index is 2.13. The number of hydrogen-bond acceptors (Lipinski definition) is 3. The van der Waals surface area contributed by atoms with E-state index in [4.69, 9.17) is 4.74 Å². The van der Waals surface area contributed by atoms with Crippen LogP contribution in [0.3, 0.4) is 0 Å². The number of benzene rings is 1. The van der Waals surface area contributed by atoms with E-state index in [1.54, 1.807) is 0 Å². The molecule has 0 amide bonds. The fraction of sp³-hybridized carbons (Fsp3) is 0.438. The molecule has 2 rings (SSSR count). The summed E-state index contributed by atoms with van der Waals surface area (Å²) in [7, 11) is 1.92. The van der Waals surface area contributed by atoms with Crippen molar-refractivity contribution in [3.63, 3.8) is 0 Å². The van der Waals surface area contributed by atoms with E-state index in [0.717, 1.165) is 42.3 Å². The third-order valence-corrected chi connectivity index (χ3v) is 3.11. The van der Waals surface area contributed by atoms with Crippen LogP contribution >= 0.6 is 0 Å². The van der Waals surface area contributed by atoms with Gasteiger partial charge in [0.1, 0.15) is 5.75 Å². The Hall–Kier alpha value is -1.81. The molecule has 0 aliphatic carbocycles. The first-order chi connectivity index (χ1) is 9.70. The fourth-order valence-corrected chi connectivity index (χ4v) is 1.99. The lowest BCUT2D eigenvalue weighted by Crippen LogP contribution is -2.04. The van der Waals surface area contributed by atoms with Crippen molar-refractivity contribution in [3.8, 4) is 17.0 Å². The maximum atomic E-state index is 5.90. The monoisotopic (exact) mass is 273 g/mol. The van der Waals surface area contributed by atoms with Crippen molar-refractivity contribution in [2.75, 3.05) is 13.7 Å². The van der Waals surface area contributed by atoms with Gasteiger partial charge in [0.25, 0.3) is 0 Å². The Kier molecular flexibility index (Phi) is 5.18. The van der Waals surface area contributed by atoms with Crippen LogP contribution in [0, 0.1) is 5.92 Å². The molecule has 0 atom stereocenters. The molecule has 1 heterocycles. The van der Waals surface area contributed by atoms with Crippen LogP contribution in [0.15, 0.2) is 30.3 Å². The molecule has 108 valence electrons. The molecule has 0 radical (unpaired) electrons. The van der Waals surface area contributed by atoms with Gasteiger partial charge in [0.15, 0.2) is 0 Å². The highest BCUT2D eigenvalue weighted by Crippen LogP contribution is 2.29. The number of nitrogens with one attached hydrogen (secondary N) is 2. The molecule has 1 aromatic heterocycles. The predicted molar refractivity (Wildman–Crippen MR) is 81.7 cm³/mol. The quantitative estimate of drug-likeness (QED) is 0.814. The number of ether oxygens (including phenoxy) is 1. The second-order valence-corrected chi connectivity index (χ2v) is 5.34. The summed E-state index contributed by atoms with van der Waals surface area (Å²) < 4.78 is 5.90. The van der Waals surface area contributed by atoms with Crippen LogP contribution in [0.5, 0.6) is 5.75 Å². The highest BCUT2D eigenvalue weighted by molar-refractivity contribution is 5.67. The third kappa shape index (κ3) is 3.84. The van der Waals surface area contributed by atoms with Crippen molar-refractivity contribution in [2.45, 2.75) is 26.8 Å². The number of para-hydroxylation sites is 1. The number of hydrogen-bond donors (Lipinski definition) is 2. The van der Waals surface area contributed by atoms with Crippen molar-refractivity contribution in [3.05, 3.63) is 36.0 Å². The van der Waals surface area contributed by atoms with E-state index >= 15 is 0 Å². The smallest absolute Gasteiger partial charge is 0.128 e. The van der Waals surface area contributed by atoms with Crippen LogP contribution in [0.2, 0.25) is 0 Å². The van der Waals surface area contributed by atoms with Crippen LogP contribution in [0.1, 0.15) is 26.0 Å². The molecule has 0 bridgehead atoms. The maximum absolute atomic E-state index is 5.90. The van der Waals surface area contributed by atoms with Gasteiger partial charge in [-0.05, 0) is 37.6 Å². The molecule has 0 saturated heterocycles. The molecule has 4 heteroatoms. The van der Waals surface area contributed by atoms with E-state index in [1.165, 1.54) is 0 Å². The van der Waals surface area contributed by atoms with Crippen molar-refractivity contribution in [1.29, 1.82) is 0 Å². The van der Waals surface area contributed by atoms with Gasteiger partial charge < -0.3 is 10.1 Å². The van der Waals surface area contributed by atoms with Gasteiger partial charge in [-0.3, -0.25) is 5.10 Å². The summed E-state index contributed by atoms with van der Waals surface area (Å²) in [6, 6.07) is 10.1. The average Bonchev–Trinajstić information content (AvgIpc) is 2.88. The summed E-state index contributed by atoms with van der Waals surface area (Å²) in [5, 5.41) is 10.5. The van der Waals surface area contributed by atoms with Gasteiger partial charge in [-0.25, -0.2) is 0 Å². The number of rotatable bonds is 7. The Bertz CT molecular complexity index is 534. The molecule has 0 spiro atoms. The Morgan fingerprint density at radius 3 is 2.85 bits per heavy atom. The third-order valence-electron chi connectivity index (χ3n) is 3.11. The summed E-state index contributed by atoms with van der Waals surface area (Å²) >= 11 is 0. The van der Waals surface area contributed by atoms with E-state index < -0.39 is 0 Å². The molecule has 2 aromatic rings. The van der Waals surface area contributed by atoms with Crippen molar-refractivity contribution < 1.29 is 4.74 Å². The Labute approximate surface area is 120 Å². The van der Waals surface area contributed by atoms with Crippen LogP contribution in [-0.2, 0) is 6.54 Å². The van der Waals surface area contributed by atoms with Gasteiger partial charge in [0, 0.05) is 17.8 Å². The van der Waals surface area contributed by atoms with Gasteiger partial charge in [-0.15, -0.1) is 0 Å². The molecule has 20 heavy (non-hydrogen) atoms. The van der Waals surface area contributed by atoms with Crippen LogP contribution in [-0.4, -0.2) is 23.9 Å². The fourth-order valence-electron chi connectivity index (χ4n) is 1.99. The van der Waals surface area contributed by atoms with Gasteiger partial charge >= 0.3 is 0 Å². The highest BCUT2D eigenvalue weighted by Gasteiger charge is 2.09. The molecule has 2 N–H and O–H groups in total. The van der Waals surface area contributed by atoms with Crippen molar-refractivity contribution >= 4 is 0 Å². The van der Waals surface area contributed by atoms with Crippen LogP contribution in [0.4, 0.5) is 0 Å². The first-order valence-electron chi connectivity index (χ1n) is 7.11. The number of aromatic amines is 1. The maximum Gasteiger partial charge on any atom is 0.128 e. The standard InChI is InChI=1S/C16H23N3O/c1-12(2)8-9-20-16-7-5-4-6-14(16)15-10-13(11-17-3)18-19-15/h4-7,10,12,17H,8-9,11H2,1-3H3,(H,18,19). The molecule has 4 nitrogen and oxygen atoms in total. The first-order valence-corrected chi connectivity index (χ1v) is 7.11. The zero-order chi connectivity index (χ0) is 14.4. The minimum Gasteiger partial charge on any atom is -0.493 e. The van der Waals surface area contributed by atoms with Gasteiger partial charge in [-0.1, -0.05) is 26.0 Å². The van der Waals surface area contributed by atoms with E-state index in [9.17, 15) is 0 Å². The number of nitrogens with zero attached hydrogens (tertiary/aromatic N) is 1. The summed E-state index contributed by atoms with van der Waals surface area (Å²) in [6.07, 6.45) is 1.06. The van der Waals surface area contributed by atoms with Crippen LogP contribution in [0.25, 0.3) is 11.3 Å². The predicted octanol–water partition coefficient (Wildman–Crippen LogP) is 3.22. The second-order valence-electron chi connectivity index (χ2n) is 5.34. The summed E-state index contributed by atoms with van der Waals surface area (Å²) in [5.41, 5.74) is 3.03. The van der Waals surface area contributed by atoms with Crippen LogP contribution < -0.4 is 10.1 Å².